The van der Waals surface area contributed by atoms with Gasteiger partial charge in [0.1, 0.15) is 0 Å². The molecule has 1 atom stereocenters. The van der Waals surface area contributed by atoms with E-state index in [0.717, 1.165) is 42.5 Å². The van der Waals surface area contributed by atoms with Crippen LogP contribution in [0.15, 0.2) is 36.4 Å². The van der Waals surface area contributed by atoms with E-state index < -0.39 is 0 Å². The number of aryl methyl sites for hydroxylation is 1. The average molecular weight is 316 g/mol. The van der Waals surface area contributed by atoms with E-state index >= 15 is 0 Å². The number of nitrogens with two attached hydrogens (primary N) is 1. The van der Waals surface area contributed by atoms with Crippen molar-refractivity contribution in [3.63, 3.8) is 0 Å². The molecule has 0 bridgehead atoms. The van der Waals surface area contributed by atoms with Crippen LogP contribution in [0.1, 0.15) is 47.6 Å². The molecule has 1 saturated carbocycles. The summed E-state index contributed by atoms with van der Waals surface area (Å²) in [4.78, 5) is 0. The highest BCUT2D eigenvalue weighted by Crippen LogP contribution is 2.37. The van der Waals surface area contributed by atoms with Gasteiger partial charge in [0.2, 0.25) is 0 Å². The monoisotopic (exact) mass is 316 g/mol. The lowest BCUT2D eigenvalue weighted by atomic mass is 10.0. The molecule has 0 heterocycles. The first-order valence-electron chi connectivity index (χ1n) is 8.43. The first kappa shape index (κ1) is 14.8. The summed E-state index contributed by atoms with van der Waals surface area (Å²) in [7, 11) is 0. The van der Waals surface area contributed by atoms with E-state index in [4.69, 9.17) is 16.4 Å². The fourth-order valence-corrected chi connectivity index (χ4v) is 3.51. The van der Waals surface area contributed by atoms with Gasteiger partial charge in [-0.1, -0.05) is 6.07 Å². The van der Waals surface area contributed by atoms with Crippen LogP contribution in [0.5, 0.6) is 0 Å². The van der Waals surface area contributed by atoms with Gasteiger partial charge >= 0.3 is 0 Å². The number of anilines is 2. The van der Waals surface area contributed by atoms with Gasteiger partial charge in [0.05, 0.1) is 17.7 Å². The van der Waals surface area contributed by atoms with Gasteiger partial charge in [-0.25, -0.2) is 0 Å². The summed E-state index contributed by atoms with van der Waals surface area (Å²) in [5.41, 5.74) is 12.5. The lowest BCUT2D eigenvalue weighted by molar-refractivity contribution is 0.762. The van der Waals surface area contributed by atoms with Crippen molar-refractivity contribution in [1.29, 1.82) is 10.7 Å². The van der Waals surface area contributed by atoms with E-state index in [1.54, 1.807) is 0 Å². The molecule has 0 spiro atoms. The second kappa shape index (κ2) is 5.68. The minimum atomic E-state index is 0.249. The summed E-state index contributed by atoms with van der Waals surface area (Å²) < 4.78 is 0. The molecule has 4 rings (SSSR count). The zero-order valence-corrected chi connectivity index (χ0v) is 13.5. The van der Waals surface area contributed by atoms with Gasteiger partial charge < -0.3 is 16.5 Å². The summed E-state index contributed by atoms with van der Waals surface area (Å²) in [6, 6.07) is 14.3. The Kier molecular flexibility index (Phi) is 3.50. The van der Waals surface area contributed by atoms with Crippen LogP contribution in [0.4, 0.5) is 11.4 Å². The van der Waals surface area contributed by atoms with Crippen LogP contribution in [0.3, 0.4) is 0 Å². The van der Waals surface area contributed by atoms with Gasteiger partial charge in [-0.3, -0.25) is 0 Å². The largest absolute Gasteiger partial charge is 0.398 e. The number of nitrogens with one attached hydrogen (secondary N) is 2. The molecule has 2 aromatic carbocycles. The predicted octanol–water partition coefficient (Wildman–Crippen LogP) is 4.02. The van der Waals surface area contributed by atoms with Crippen LogP contribution in [-0.2, 0) is 6.42 Å². The summed E-state index contributed by atoms with van der Waals surface area (Å²) in [5, 5.41) is 20.9. The number of hydrogen-bond donors (Lipinski definition) is 3. The van der Waals surface area contributed by atoms with Crippen molar-refractivity contribution in [2.75, 3.05) is 11.1 Å². The molecule has 4 N–H and O–H groups in total. The Bertz CT molecular complexity index is 858. The van der Waals surface area contributed by atoms with Crippen molar-refractivity contribution < 1.29 is 0 Å². The van der Waals surface area contributed by atoms with E-state index in [-0.39, 0.29) is 6.04 Å². The third kappa shape index (κ3) is 2.63. The van der Waals surface area contributed by atoms with E-state index in [2.05, 4.69) is 17.5 Å². The second-order valence-corrected chi connectivity index (χ2v) is 6.75. The van der Waals surface area contributed by atoms with Crippen LogP contribution in [0.2, 0.25) is 0 Å². The van der Waals surface area contributed by atoms with Gasteiger partial charge in [-0.05, 0) is 67.1 Å². The van der Waals surface area contributed by atoms with Crippen LogP contribution >= 0.6 is 0 Å². The molecular weight excluding hydrogens is 296 g/mol. The van der Waals surface area contributed by atoms with Crippen LogP contribution in [0, 0.1) is 22.7 Å². The molecule has 0 unspecified atom stereocenters. The first-order chi connectivity index (χ1) is 11.7. The third-order valence-electron chi connectivity index (χ3n) is 5.02. The number of benzene rings is 2. The summed E-state index contributed by atoms with van der Waals surface area (Å²) in [6.45, 7) is 0. The van der Waals surface area contributed by atoms with Crippen LogP contribution < -0.4 is 11.1 Å². The molecule has 4 nitrogen and oxygen atoms in total. The standard InChI is InChI=1S/C20H20N4/c21-11-12-1-6-16-14(9-12)4-8-19(16)24-15-5-7-18(22)17(10-15)20(23)13-2-3-13/h1,5-7,9-10,13,19,23-24H,2-4,8,22H2/t19-/m1/s1. The van der Waals surface area contributed by atoms with Crippen molar-refractivity contribution in [3.8, 4) is 6.07 Å². The highest BCUT2D eigenvalue weighted by molar-refractivity contribution is 6.06. The molecule has 2 aliphatic rings. The van der Waals surface area contributed by atoms with Crippen molar-refractivity contribution in [1.82, 2.24) is 0 Å². The number of nitrogen functional groups attached to an aromatic ring is 1. The number of fused-ring (bicyclic) bond motifs is 1. The summed E-state index contributed by atoms with van der Waals surface area (Å²) in [5.74, 6) is 0.388. The number of hydrogen-bond acceptors (Lipinski definition) is 4. The zero-order chi connectivity index (χ0) is 16.7. The van der Waals surface area contributed by atoms with Gasteiger partial charge in [-0.15, -0.1) is 0 Å². The molecule has 2 aromatic rings. The SMILES string of the molecule is N#Cc1ccc2c(c1)CC[C@H]2Nc1ccc(N)c(C(=N)C2CC2)c1. The Morgan fingerprint density at radius 3 is 2.75 bits per heavy atom. The van der Waals surface area contributed by atoms with E-state index in [1.165, 1.54) is 11.1 Å². The normalized spacial score (nSPS) is 18.7. The second-order valence-electron chi connectivity index (χ2n) is 6.75. The Hall–Kier alpha value is -2.80. The maximum atomic E-state index is 9.03. The molecule has 4 heteroatoms. The topological polar surface area (TPSA) is 85.7 Å². The smallest absolute Gasteiger partial charge is 0.0991 e. The fraction of sp³-hybridized carbons (Fsp3) is 0.300. The van der Waals surface area contributed by atoms with Crippen molar-refractivity contribution >= 4 is 17.1 Å². The fourth-order valence-electron chi connectivity index (χ4n) is 3.51. The Balaban J connectivity index is 1.58. The van der Waals surface area contributed by atoms with E-state index in [9.17, 15) is 0 Å². The number of nitrogens with zero attached hydrogens (tertiary/aromatic N) is 1. The lowest BCUT2D eigenvalue weighted by Crippen LogP contribution is -2.10. The molecule has 0 aromatic heterocycles. The zero-order valence-electron chi connectivity index (χ0n) is 13.5. The summed E-state index contributed by atoms with van der Waals surface area (Å²) >= 11 is 0. The molecular formula is C20H20N4. The van der Waals surface area contributed by atoms with Crippen LogP contribution in [-0.4, -0.2) is 5.71 Å². The third-order valence-corrected chi connectivity index (χ3v) is 5.02. The highest BCUT2D eigenvalue weighted by atomic mass is 14.9. The number of rotatable bonds is 4. The molecule has 0 amide bonds. The average Bonchev–Trinajstić information content (AvgIpc) is 3.38. The molecule has 0 aliphatic heterocycles. The minimum absolute atomic E-state index is 0.249. The molecule has 0 saturated heterocycles. The van der Waals surface area contributed by atoms with Crippen LogP contribution in [0.25, 0.3) is 0 Å². The lowest BCUT2D eigenvalue weighted by Gasteiger charge is -2.17. The molecule has 0 radical (unpaired) electrons. The van der Waals surface area contributed by atoms with Crippen molar-refractivity contribution in [2.45, 2.75) is 31.7 Å². The van der Waals surface area contributed by atoms with Crippen molar-refractivity contribution in [3.05, 3.63) is 58.7 Å². The highest BCUT2D eigenvalue weighted by Gasteiger charge is 2.29. The molecule has 1 fully saturated rings. The Morgan fingerprint density at radius 1 is 1.17 bits per heavy atom. The first-order valence-corrected chi connectivity index (χ1v) is 8.43. The van der Waals surface area contributed by atoms with Gasteiger partial charge in [0.25, 0.3) is 0 Å². The predicted molar refractivity (Wildman–Crippen MR) is 96.2 cm³/mol. The quantitative estimate of drug-likeness (QED) is 0.588. The molecule has 24 heavy (non-hydrogen) atoms. The van der Waals surface area contributed by atoms with Gasteiger partial charge in [-0.2, -0.15) is 5.26 Å². The minimum Gasteiger partial charge on any atom is -0.398 e. The molecule has 120 valence electrons. The Morgan fingerprint density at radius 2 is 2.00 bits per heavy atom. The van der Waals surface area contributed by atoms with E-state index in [1.807, 2.05) is 30.3 Å². The van der Waals surface area contributed by atoms with E-state index in [0.29, 0.717) is 17.3 Å². The van der Waals surface area contributed by atoms with Gasteiger partial charge in [0, 0.05) is 28.6 Å². The Labute approximate surface area is 141 Å². The summed E-state index contributed by atoms with van der Waals surface area (Å²) in [6.07, 6.45) is 4.21. The van der Waals surface area contributed by atoms with Crippen molar-refractivity contribution in [2.24, 2.45) is 5.92 Å². The number of nitriles is 1. The maximum absolute atomic E-state index is 9.03. The molecule has 2 aliphatic carbocycles. The van der Waals surface area contributed by atoms with Gasteiger partial charge in [0.15, 0.2) is 0 Å². The maximum Gasteiger partial charge on any atom is 0.0991 e.